The summed E-state index contributed by atoms with van der Waals surface area (Å²) in [6.07, 6.45) is 0. The van der Waals surface area contributed by atoms with E-state index in [4.69, 9.17) is 0 Å². The molecule has 2 heterocycles. The third-order valence-corrected chi connectivity index (χ3v) is 9.35. The molecule has 0 amide bonds. The maximum Gasteiger partial charge on any atom is 0.154 e. The predicted molar refractivity (Wildman–Crippen MR) is 163 cm³/mol. The number of benzene rings is 4. The molecular weight excluding hydrogens is 573 g/mol. The van der Waals surface area contributed by atoms with E-state index in [9.17, 15) is 25.3 Å². The second kappa shape index (κ2) is 11.5. The van der Waals surface area contributed by atoms with Gasteiger partial charge in [0, 0.05) is 15.8 Å². The number of hydrogen-bond donors (Lipinski definition) is 0. The fourth-order valence-electron chi connectivity index (χ4n) is 4.88. The van der Waals surface area contributed by atoms with E-state index in [1.54, 1.807) is 58.3 Å². The summed E-state index contributed by atoms with van der Waals surface area (Å²) in [6, 6.07) is 40.1. The highest BCUT2D eigenvalue weighted by molar-refractivity contribution is 7.99. The summed E-state index contributed by atoms with van der Waals surface area (Å²) in [5.41, 5.74) is 1.77. The number of rotatable bonds is 2. The molecule has 0 radical (unpaired) electrons. The standard InChI is InChI=1S/C34H16N6OS2/c35-19-23(20-36)25(17-18-39-28-11-3-7-15-32(28)43(41)33-16-8-4-12-29(33)39)34(24(21-37)22-38)40-26-9-1-5-13-30(26)42-31-14-6-2-10-27(31)40/h1-16H. The molecular formula is C34H16N6OS2. The molecule has 0 aliphatic carbocycles. The molecule has 2 aliphatic heterocycles. The highest BCUT2D eigenvalue weighted by Crippen LogP contribution is 2.51. The summed E-state index contributed by atoms with van der Waals surface area (Å²) >= 11 is 1.53. The lowest BCUT2D eigenvalue weighted by Gasteiger charge is -2.34. The molecule has 0 aromatic heterocycles. The van der Waals surface area contributed by atoms with Crippen molar-refractivity contribution in [2.45, 2.75) is 19.6 Å². The smallest absolute Gasteiger partial charge is 0.154 e. The van der Waals surface area contributed by atoms with Gasteiger partial charge in [-0.05, 0) is 54.5 Å². The zero-order valence-electron chi connectivity index (χ0n) is 22.1. The summed E-state index contributed by atoms with van der Waals surface area (Å²) in [4.78, 5) is 6.21. The molecule has 7 nitrogen and oxygen atoms in total. The monoisotopic (exact) mass is 588 g/mol. The molecule has 0 atom stereocenters. The number of hydrogen-bond acceptors (Lipinski definition) is 8. The van der Waals surface area contributed by atoms with Crippen molar-refractivity contribution in [1.82, 2.24) is 0 Å². The Hall–Kier alpha value is -6.02. The quantitative estimate of drug-likeness (QED) is 0.137. The van der Waals surface area contributed by atoms with E-state index in [1.165, 1.54) is 11.8 Å². The van der Waals surface area contributed by atoms with E-state index < -0.39 is 10.8 Å². The number of anilines is 4. The van der Waals surface area contributed by atoms with Crippen molar-refractivity contribution in [2.24, 2.45) is 0 Å². The minimum absolute atomic E-state index is 0.0259. The molecule has 6 rings (SSSR count). The second-order valence-corrected chi connectivity index (χ2v) is 11.6. The maximum atomic E-state index is 13.4. The zero-order chi connectivity index (χ0) is 29.9. The van der Waals surface area contributed by atoms with Crippen molar-refractivity contribution >= 4 is 45.3 Å². The van der Waals surface area contributed by atoms with Gasteiger partial charge >= 0.3 is 0 Å². The molecule has 0 unspecified atom stereocenters. The van der Waals surface area contributed by atoms with E-state index >= 15 is 0 Å². The van der Waals surface area contributed by atoms with Crippen LogP contribution >= 0.6 is 11.8 Å². The zero-order valence-corrected chi connectivity index (χ0v) is 23.8. The van der Waals surface area contributed by atoms with Gasteiger partial charge in [-0.25, -0.2) is 4.21 Å². The minimum Gasteiger partial charge on any atom is -0.305 e. The summed E-state index contributed by atoms with van der Waals surface area (Å²) < 4.78 is 13.4. The van der Waals surface area contributed by atoms with Crippen molar-refractivity contribution in [3.63, 3.8) is 0 Å². The van der Waals surface area contributed by atoms with E-state index in [0.717, 1.165) is 9.79 Å². The summed E-state index contributed by atoms with van der Waals surface area (Å²) in [5.74, 6) is 3.00. The van der Waals surface area contributed by atoms with Crippen LogP contribution in [0.2, 0.25) is 0 Å². The Morgan fingerprint density at radius 3 is 1.53 bits per heavy atom. The molecule has 0 N–H and O–H groups in total. The predicted octanol–water partition coefficient (Wildman–Crippen LogP) is 7.21. The van der Waals surface area contributed by atoms with Gasteiger partial charge < -0.3 is 4.90 Å². The van der Waals surface area contributed by atoms with Gasteiger partial charge in [0.05, 0.1) is 54.6 Å². The molecule has 0 bridgehead atoms. The minimum atomic E-state index is -1.44. The first-order valence-corrected chi connectivity index (χ1v) is 14.7. The van der Waals surface area contributed by atoms with Gasteiger partial charge in [0.25, 0.3) is 0 Å². The van der Waals surface area contributed by atoms with Crippen LogP contribution in [-0.2, 0) is 10.8 Å². The highest BCUT2D eigenvalue weighted by atomic mass is 32.2. The Morgan fingerprint density at radius 2 is 1.05 bits per heavy atom. The van der Waals surface area contributed by atoms with Crippen molar-refractivity contribution in [2.75, 3.05) is 9.80 Å². The van der Waals surface area contributed by atoms with Gasteiger partial charge in [-0.2, -0.15) is 21.0 Å². The molecule has 9 heteroatoms. The Kier molecular flexibility index (Phi) is 7.24. The van der Waals surface area contributed by atoms with E-state index in [2.05, 4.69) is 12.0 Å². The van der Waals surface area contributed by atoms with E-state index in [-0.39, 0.29) is 22.4 Å². The Balaban J connectivity index is 1.64. The average molecular weight is 589 g/mol. The number of nitriles is 4. The Labute approximate surface area is 254 Å². The summed E-state index contributed by atoms with van der Waals surface area (Å²) in [7, 11) is -1.44. The van der Waals surface area contributed by atoms with Gasteiger partial charge in [0.15, 0.2) is 5.57 Å². The molecule has 4 aromatic carbocycles. The molecule has 0 spiro atoms. The SMILES string of the molecule is N#CC(C#N)=C(C#CN1c2ccccc2S(=O)c2ccccc21)C(=C(C#N)C#N)N1c2ccccc2Sc2ccccc21. The normalized spacial score (nSPS) is 12.2. The molecule has 200 valence electrons. The van der Waals surface area contributed by atoms with Crippen LogP contribution in [0.5, 0.6) is 0 Å². The lowest BCUT2D eigenvalue weighted by atomic mass is 10.00. The van der Waals surface area contributed by atoms with Crippen molar-refractivity contribution in [3.8, 4) is 36.2 Å². The van der Waals surface area contributed by atoms with E-state index in [1.807, 2.05) is 72.8 Å². The molecule has 0 saturated heterocycles. The number of para-hydroxylation sites is 4. The third-order valence-electron chi connectivity index (χ3n) is 6.73. The highest BCUT2D eigenvalue weighted by Gasteiger charge is 2.32. The number of allylic oxidation sites excluding steroid dienone is 3. The van der Waals surface area contributed by atoms with Crippen LogP contribution < -0.4 is 9.80 Å². The lowest BCUT2D eigenvalue weighted by molar-refractivity contribution is 0.682. The third kappa shape index (κ3) is 4.61. The Bertz CT molecular complexity index is 2030. The second-order valence-electron chi connectivity index (χ2n) is 9.07. The van der Waals surface area contributed by atoms with Gasteiger partial charge in [0.1, 0.15) is 29.8 Å². The molecule has 43 heavy (non-hydrogen) atoms. The van der Waals surface area contributed by atoms with Crippen LogP contribution in [0.3, 0.4) is 0 Å². The largest absolute Gasteiger partial charge is 0.305 e. The van der Waals surface area contributed by atoms with Gasteiger partial charge in [-0.3, -0.25) is 4.90 Å². The van der Waals surface area contributed by atoms with Gasteiger partial charge in [-0.1, -0.05) is 60.3 Å². The topological polar surface area (TPSA) is 119 Å². The first-order valence-electron chi connectivity index (χ1n) is 12.8. The number of nitrogens with zero attached hydrogens (tertiary/aromatic N) is 6. The summed E-state index contributed by atoms with van der Waals surface area (Å²) in [6.45, 7) is 0. The molecule has 0 saturated carbocycles. The van der Waals surface area contributed by atoms with Crippen molar-refractivity contribution in [1.29, 1.82) is 21.0 Å². The first-order chi connectivity index (χ1) is 21.1. The van der Waals surface area contributed by atoms with Crippen LogP contribution in [-0.4, -0.2) is 4.21 Å². The fraction of sp³-hybridized carbons (Fsp3) is 0. The fourth-order valence-corrected chi connectivity index (χ4v) is 7.28. The molecule has 0 fully saturated rings. The van der Waals surface area contributed by atoms with Crippen LogP contribution in [0.15, 0.2) is 139 Å². The maximum absolute atomic E-state index is 13.4. The van der Waals surface area contributed by atoms with Crippen LogP contribution in [0.25, 0.3) is 0 Å². The first kappa shape index (κ1) is 27.2. The van der Waals surface area contributed by atoms with Crippen LogP contribution in [0, 0.1) is 57.3 Å². The van der Waals surface area contributed by atoms with Crippen molar-refractivity contribution in [3.05, 3.63) is 119 Å². The summed E-state index contributed by atoms with van der Waals surface area (Å²) in [5, 5.41) is 40.5. The van der Waals surface area contributed by atoms with Crippen molar-refractivity contribution < 1.29 is 4.21 Å². The average Bonchev–Trinajstić information content (AvgIpc) is 3.06. The number of fused-ring (bicyclic) bond motifs is 4. The van der Waals surface area contributed by atoms with Crippen LogP contribution in [0.4, 0.5) is 22.7 Å². The Morgan fingerprint density at radius 1 is 0.605 bits per heavy atom. The molecule has 2 aliphatic rings. The van der Waals surface area contributed by atoms with Gasteiger partial charge in [0.2, 0.25) is 0 Å². The van der Waals surface area contributed by atoms with Crippen LogP contribution in [0.1, 0.15) is 0 Å². The lowest BCUT2D eigenvalue weighted by Crippen LogP contribution is -2.24. The van der Waals surface area contributed by atoms with Gasteiger partial charge in [-0.15, -0.1) is 0 Å². The van der Waals surface area contributed by atoms with E-state index in [0.29, 0.717) is 32.5 Å². The molecule has 4 aromatic rings.